The van der Waals surface area contributed by atoms with Gasteiger partial charge in [-0.3, -0.25) is 4.79 Å². The second-order valence-electron chi connectivity index (χ2n) is 12.2. The molecule has 41 heavy (non-hydrogen) atoms. The summed E-state index contributed by atoms with van der Waals surface area (Å²) in [5, 5.41) is 43.3. The van der Waals surface area contributed by atoms with E-state index < -0.39 is 36.9 Å². The summed E-state index contributed by atoms with van der Waals surface area (Å²) in [6, 6.07) is -0.983. The van der Waals surface area contributed by atoms with E-state index in [9.17, 15) is 25.2 Å². The van der Waals surface area contributed by atoms with Crippen molar-refractivity contribution >= 4 is 5.91 Å². The maximum atomic E-state index is 12.4. The first-order valence-electron chi connectivity index (χ1n) is 17.6. The van der Waals surface area contributed by atoms with Crippen molar-refractivity contribution in [2.75, 3.05) is 6.61 Å². The molecule has 6 heteroatoms. The molecule has 0 aromatic carbocycles. The Bertz CT molecular complexity index is 585. The van der Waals surface area contributed by atoms with E-state index in [-0.39, 0.29) is 0 Å². The minimum absolute atomic E-state index is 0.356. The molecule has 6 nitrogen and oxygen atoms in total. The second-order valence-corrected chi connectivity index (χ2v) is 12.2. The van der Waals surface area contributed by atoms with Gasteiger partial charge in [0.2, 0.25) is 5.91 Å². The summed E-state index contributed by atoms with van der Waals surface area (Å²) in [5.41, 5.74) is 0. The van der Waals surface area contributed by atoms with Gasteiger partial charge in [0.15, 0.2) is 0 Å². The quantitative estimate of drug-likeness (QED) is 0.0421. The second kappa shape index (κ2) is 30.5. The Morgan fingerprint density at radius 2 is 0.976 bits per heavy atom. The zero-order valence-electron chi connectivity index (χ0n) is 27.0. The van der Waals surface area contributed by atoms with Gasteiger partial charge in [-0.15, -0.1) is 0 Å². The van der Waals surface area contributed by atoms with Crippen molar-refractivity contribution in [3.8, 4) is 0 Å². The molecule has 0 bridgehead atoms. The summed E-state index contributed by atoms with van der Waals surface area (Å²) in [4.78, 5) is 12.4. The normalized spacial score (nSPS) is 14.8. The number of allylic oxidation sites excluding steroid dienone is 2. The van der Waals surface area contributed by atoms with Crippen LogP contribution in [0.2, 0.25) is 0 Å². The fraction of sp³-hybridized carbons (Fsp3) is 0.914. The number of aliphatic hydroxyl groups is 4. The van der Waals surface area contributed by atoms with Crippen molar-refractivity contribution in [3.63, 3.8) is 0 Å². The predicted molar refractivity (Wildman–Crippen MR) is 173 cm³/mol. The summed E-state index contributed by atoms with van der Waals surface area (Å²) < 4.78 is 0. The van der Waals surface area contributed by atoms with E-state index in [2.05, 4.69) is 31.3 Å². The van der Waals surface area contributed by atoms with E-state index in [4.69, 9.17) is 0 Å². The number of unbranched alkanes of at least 4 members (excludes halogenated alkanes) is 20. The summed E-state index contributed by atoms with van der Waals surface area (Å²) in [6.45, 7) is 4.00. The number of nitrogens with one attached hydrogen (secondary N) is 1. The Morgan fingerprint density at radius 3 is 1.41 bits per heavy atom. The maximum absolute atomic E-state index is 12.4. The number of hydrogen-bond acceptors (Lipinski definition) is 5. The van der Waals surface area contributed by atoms with Crippen molar-refractivity contribution < 1.29 is 25.2 Å². The molecule has 0 rings (SSSR count). The summed E-state index contributed by atoms with van der Waals surface area (Å²) >= 11 is 0. The Balaban J connectivity index is 3.85. The fourth-order valence-electron chi connectivity index (χ4n) is 5.34. The van der Waals surface area contributed by atoms with Crippen LogP contribution in [0.25, 0.3) is 0 Å². The van der Waals surface area contributed by atoms with Crippen LogP contribution in [-0.2, 0) is 4.79 Å². The van der Waals surface area contributed by atoms with Gasteiger partial charge < -0.3 is 25.7 Å². The minimum Gasteiger partial charge on any atom is -0.394 e. The zero-order chi connectivity index (χ0) is 30.4. The molecule has 0 aliphatic rings. The topological polar surface area (TPSA) is 110 Å². The zero-order valence-corrected chi connectivity index (χ0v) is 27.0. The Morgan fingerprint density at radius 1 is 0.585 bits per heavy atom. The lowest BCUT2D eigenvalue weighted by atomic mass is 9.99. The Labute approximate surface area is 253 Å². The highest BCUT2D eigenvalue weighted by molar-refractivity contribution is 5.80. The van der Waals surface area contributed by atoms with Gasteiger partial charge >= 0.3 is 0 Å². The molecule has 4 atom stereocenters. The van der Waals surface area contributed by atoms with Gasteiger partial charge in [0.25, 0.3) is 0 Å². The third kappa shape index (κ3) is 25.3. The van der Waals surface area contributed by atoms with E-state index >= 15 is 0 Å². The predicted octanol–water partition coefficient (Wildman–Crippen LogP) is 7.89. The van der Waals surface area contributed by atoms with Crippen LogP contribution in [-0.4, -0.2) is 57.3 Å². The molecule has 0 saturated carbocycles. The number of rotatable bonds is 31. The van der Waals surface area contributed by atoms with Crippen molar-refractivity contribution in [1.82, 2.24) is 5.32 Å². The Kier molecular flexibility index (Phi) is 29.8. The fourth-order valence-corrected chi connectivity index (χ4v) is 5.34. The molecule has 1 amide bonds. The highest BCUT2D eigenvalue weighted by Gasteiger charge is 2.28. The standard InChI is InChI=1S/C35H69NO5/c1-3-5-7-9-11-13-15-16-17-18-19-21-23-25-27-29-33(39)35(41)36-31(30-37)34(40)32(38)28-26-24-22-20-14-12-10-8-6-4-2/h17-18,31-34,37-40H,3-16,19-30H2,1-2H3,(H,36,41)/b18-17-. The molecule has 0 fully saturated rings. The molecular weight excluding hydrogens is 514 g/mol. The summed E-state index contributed by atoms with van der Waals surface area (Å²) in [6.07, 6.45) is 29.4. The van der Waals surface area contributed by atoms with Gasteiger partial charge in [-0.2, -0.15) is 0 Å². The highest BCUT2D eigenvalue weighted by atomic mass is 16.3. The van der Waals surface area contributed by atoms with Gasteiger partial charge in [-0.1, -0.05) is 148 Å². The van der Waals surface area contributed by atoms with Crippen LogP contribution >= 0.6 is 0 Å². The molecule has 4 unspecified atom stereocenters. The first-order chi connectivity index (χ1) is 20.0. The average Bonchev–Trinajstić information content (AvgIpc) is 2.98. The van der Waals surface area contributed by atoms with Crippen LogP contribution in [0.15, 0.2) is 12.2 Å². The Hall–Kier alpha value is -0.950. The third-order valence-corrected chi connectivity index (χ3v) is 8.23. The summed E-state index contributed by atoms with van der Waals surface area (Å²) in [5.74, 6) is -0.595. The van der Waals surface area contributed by atoms with E-state index in [1.807, 2.05) is 0 Å². The van der Waals surface area contributed by atoms with E-state index in [1.165, 1.54) is 96.3 Å². The van der Waals surface area contributed by atoms with E-state index in [0.717, 1.165) is 51.4 Å². The largest absolute Gasteiger partial charge is 0.394 e. The molecule has 0 saturated heterocycles. The summed E-state index contributed by atoms with van der Waals surface area (Å²) in [7, 11) is 0. The molecule has 244 valence electrons. The average molecular weight is 584 g/mol. The lowest BCUT2D eigenvalue weighted by Gasteiger charge is -2.27. The van der Waals surface area contributed by atoms with Crippen molar-refractivity contribution in [2.24, 2.45) is 0 Å². The van der Waals surface area contributed by atoms with E-state index in [0.29, 0.717) is 12.8 Å². The molecule has 0 spiro atoms. The molecule has 5 N–H and O–H groups in total. The van der Waals surface area contributed by atoms with Gasteiger partial charge in [0.05, 0.1) is 18.8 Å². The number of carbonyl (C=O) groups is 1. The van der Waals surface area contributed by atoms with Gasteiger partial charge in [0, 0.05) is 0 Å². The van der Waals surface area contributed by atoms with E-state index in [1.54, 1.807) is 0 Å². The van der Waals surface area contributed by atoms with Crippen molar-refractivity contribution in [2.45, 2.75) is 199 Å². The van der Waals surface area contributed by atoms with Gasteiger partial charge in [-0.05, 0) is 38.5 Å². The first-order valence-corrected chi connectivity index (χ1v) is 17.6. The molecule has 0 heterocycles. The lowest BCUT2D eigenvalue weighted by Crippen LogP contribution is -2.53. The van der Waals surface area contributed by atoms with Gasteiger partial charge in [-0.25, -0.2) is 0 Å². The third-order valence-electron chi connectivity index (χ3n) is 8.23. The number of aliphatic hydroxyl groups excluding tert-OH is 4. The van der Waals surface area contributed by atoms with Crippen LogP contribution in [0.3, 0.4) is 0 Å². The number of amides is 1. The van der Waals surface area contributed by atoms with Crippen molar-refractivity contribution in [3.05, 3.63) is 12.2 Å². The molecule has 0 aliphatic carbocycles. The lowest BCUT2D eigenvalue weighted by molar-refractivity contribution is -0.132. The van der Waals surface area contributed by atoms with Crippen LogP contribution < -0.4 is 5.32 Å². The minimum atomic E-state index is -1.26. The molecule has 0 aromatic heterocycles. The maximum Gasteiger partial charge on any atom is 0.249 e. The van der Waals surface area contributed by atoms with Crippen LogP contribution in [0.4, 0.5) is 0 Å². The van der Waals surface area contributed by atoms with Crippen LogP contribution in [0.5, 0.6) is 0 Å². The van der Waals surface area contributed by atoms with Crippen LogP contribution in [0, 0.1) is 0 Å². The highest BCUT2D eigenvalue weighted by Crippen LogP contribution is 2.15. The first kappa shape index (κ1) is 40.1. The molecular formula is C35H69NO5. The van der Waals surface area contributed by atoms with Gasteiger partial charge in [0.1, 0.15) is 12.2 Å². The SMILES string of the molecule is CCCCCCCCC/C=C\CCCCCCC(O)C(=O)NC(CO)C(O)C(O)CCCCCCCCCCCC. The van der Waals surface area contributed by atoms with Crippen LogP contribution in [0.1, 0.15) is 174 Å². The number of carbonyl (C=O) groups excluding carboxylic acids is 1. The molecule has 0 radical (unpaired) electrons. The van der Waals surface area contributed by atoms with Crippen molar-refractivity contribution in [1.29, 1.82) is 0 Å². The smallest absolute Gasteiger partial charge is 0.249 e. The monoisotopic (exact) mass is 584 g/mol. The number of hydrogen-bond donors (Lipinski definition) is 5. The molecule has 0 aliphatic heterocycles. The molecule has 0 aromatic rings.